The van der Waals surface area contributed by atoms with E-state index in [1.807, 2.05) is 47.3 Å². The molecule has 1 fully saturated rings. The molecule has 0 atom stereocenters. The number of carboxylic acid groups (broad SMARTS) is 1. The molecule has 0 bridgehead atoms. The monoisotopic (exact) mass is 475 g/mol. The molecule has 1 aliphatic carbocycles. The van der Waals surface area contributed by atoms with Crippen LogP contribution in [0.15, 0.2) is 60.9 Å². The first-order valence-electron chi connectivity index (χ1n) is 11.6. The number of fused-ring (bicyclic) bond motifs is 2. The number of halogens is 1. The lowest BCUT2D eigenvalue weighted by Gasteiger charge is -2.26. The first-order chi connectivity index (χ1) is 16.5. The molecule has 0 spiro atoms. The predicted octanol–water partition coefficient (Wildman–Crippen LogP) is 5.51. The summed E-state index contributed by atoms with van der Waals surface area (Å²) in [4.78, 5) is 29.0. The van der Waals surface area contributed by atoms with Crippen molar-refractivity contribution in [2.75, 3.05) is 6.54 Å². The van der Waals surface area contributed by atoms with Gasteiger partial charge in [0.25, 0.3) is 5.91 Å². The van der Waals surface area contributed by atoms with E-state index in [0.717, 1.165) is 40.2 Å². The molecule has 0 unspecified atom stereocenters. The number of rotatable bonds is 6. The second kappa shape index (κ2) is 9.47. The zero-order valence-electron chi connectivity index (χ0n) is 18.7. The number of hydrogen-bond donors (Lipinski definition) is 2. The third kappa shape index (κ3) is 4.64. The van der Waals surface area contributed by atoms with Gasteiger partial charge in [0.05, 0.1) is 29.2 Å². The molecule has 2 N–H and O–H groups in total. The van der Waals surface area contributed by atoms with Crippen molar-refractivity contribution in [3.05, 3.63) is 77.2 Å². The Labute approximate surface area is 202 Å². The van der Waals surface area contributed by atoms with E-state index in [-0.39, 0.29) is 11.8 Å². The Bertz CT molecular complexity index is 1370. The Balaban J connectivity index is 1.36. The number of nitrogens with one attached hydrogen (secondary N) is 1. The van der Waals surface area contributed by atoms with Gasteiger partial charge in [-0.05, 0) is 61.3 Å². The normalized spacial score (nSPS) is 18.3. The summed E-state index contributed by atoms with van der Waals surface area (Å²) in [6.45, 7) is 1.07. The van der Waals surface area contributed by atoms with Crippen LogP contribution in [0.1, 0.15) is 41.7 Å². The quantitative estimate of drug-likeness (QED) is 0.385. The molecule has 174 valence electrons. The van der Waals surface area contributed by atoms with Crippen LogP contribution in [0, 0.1) is 11.8 Å². The minimum absolute atomic E-state index is 0.167. The first-order valence-corrected chi connectivity index (χ1v) is 12.0. The number of aromatic nitrogens is 2. The molecule has 6 nitrogen and oxygen atoms in total. The van der Waals surface area contributed by atoms with E-state index in [9.17, 15) is 14.7 Å². The maximum Gasteiger partial charge on any atom is 0.306 e. The highest BCUT2D eigenvalue weighted by molar-refractivity contribution is 6.32. The van der Waals surface area contributed by atoms with Gasteiger partial charge in [-0.2, -0.15) is 0 Å². The number of aliphatic carboxylic acids is 1. The highest BCUT2D eigenvalue weighted by atomic mass is 35.5. The average Bonchev–Trinajstić information content (AvgIpc) is 3.24. The van der Waals surface area contributed by atoms with Gasteiger partial charge in [-0.3, -0.25) is 14.6 Å². The number of carboxylic acids is 1. The van der Waals surface area contributed by atoms with Crippen LogP contribution in [0.3, 0.4) is 0 Å². The van der Waals surface area contributed by atoms with E-state index in [1.165, 1.54) is 0 Å². The highest BCUT2D eigenvalue weighted by Crippen LogP contribution is 2.29. The molecule has 2 aromatic heterocycles. The van der Waals surface area contributed by atoms with Crippen molar-refractivity contribution < 1.29 is 14.7 Å². The second-order valence-electron chi connectivity index (χ2n) is 9.12. The fourth-order valence-electron chi connectivity index (χ4n) is 4.95. The molecule has 0 saturated heterocycles. The summed E-state index contributed by atoms with van der Waals surface area (Å²) in [5, 5.41) is 15.9. The lowest BCUT2D eigenvalue weighted by Crippen LogP contribution is -2.32. The molecular weight excluding hydrogens is 450 g/mol. The van der Waals surface area contributed by atoms with Gasteiger partial charge in [-0.25, -0.2) is 0 Å². The highest BCUT2D eigenvalue weighted by Gasteiger charge is 2.26. The Morgan fingerprint density at radius 1 is 1.03 bits per heavy atom. The van der Waals surface area contributed by atoms with Crippen LogP contribution in [0.25, 0.3) is 21.7 Å². The number of hydrogen-bond acceptors (Lipinski definition) is 3. The van der Waals surface area contributed by atoms with Gasteiger partial charge >= 0.3 is 5.97 Å². The number of nitrogens with zero attached hydrogens (tertiary/aromatic N) is 2. The van der Waals surface area contributed by atoms with Crippen LogP contribution >= 0.6 is 11.6 Å². The van der Waals surface area contributed by atoms with E-state index >= 15 is 0 Å². The molecule has 7 heteroatoms. The zero-order chi connectivity index (χ0) is 23.7. The molecule has 0 radical (unpaired) electrons. The topological polar surface area (TPSA) is 84.2 Å². The molecule has 0 aliphatic heterocycles. The van der Waals surface area contributed by atoms with Crippen LogP contribution in [0.5, 0.6) is 0 Å². The molecule has 5 rings (SSSR count). The van der Waals surface area contributed by atoms with Crippen molar-refractivity contribution in [1.82, 2.24) is 14.9 Å². The van der Waals surface area contributed by atoms with E-state index in [2.05, 4.69) is 22.4 Å². The van der Waals surface area contributed by atoms with Crippen molar-refractivity contribution in [3.8, 4) is 0 Å². The van der Waals surface area contributed by atoms with E-state index < -0.39 is 5.97 Å². The number of carbonyl (C=O) groups excluding carboxylic acids is 1. The molecule has 1 aliphatic rings. The third-order valence-corrected chi connectivity index (χ3v) is 7.06. The third-order valence-electron chi connectivity index (χ3n) is 6.84. The van der Waals surface area contributed by atoms with Gasteiger partial charge < -0.3 is 15.0 Å². The SMILES string of the molecule is O=C(NCC1CCC(C(=O)O)CC1)c1cc(Cl)cc2ccn(Cc3cc4ccccc4cn3)c12. The smallest absolute Gasteiger partial charge is 0.306 e. The lowest BCUT2D eigenvalue weighted by molar-refractivity contribution is -0.143. The van der Waals surface area contributed by atoms with Crippen molar-refractivity contribution in [1.29, 1.82) is 0 Å². The zero-order valence-corrected chi connectivity index (χ0v) is 19.5. The fraction of sp³-hybridized carbons (Fsp3) is 0.296. The fourth-order valence-corrected chi connectivity index (χ4v) is 5.18. The van der Waals surface area contributed by atoms with Crippen LogP contribution in [-0.2, 0) is 11.3 Å². The molecule has 1 amide bonds. The number of carbonyl (C=O) groups is 2. The van der Waals surface area contributed by atoms with Gasteiger partial charge in [0, 0.05) is 34.7 Å². The summed E-state index contributed by atoms with van der Waals surface area (Å²) >= 11 is 6.34. The predicted molar refractivity (Wildman–Crippen MR) is 133 cm³/mol. The average molecular weight is 476 g/mol. The van der Waals surface area contributed by atoms with Crippen molar-refractivity contribution >= 4 is 45.2 Å². The van der Waals surface area contributed by atoms with E-state index in [0.29, 0.717) is 42.4 Å². The number of amides is 1. The van der Waals surface area contributed by atoms with Gasteiger partial charge in [0.1, 0.15) is 0 Å². The summed E-state index contributed by atoms with van der Waals surface area (Å²) < 4.78 is 2.04. The Morgan fingerprint density at radius 2 is 1.79 bits per heavy atom. The van der Waals surface area contributed by atoms with Crippen molar-refractivity contribution in [3.63, 3.8) is 0 Å². The Hall–Kier alpha value is -3.38. The summed E-state index contributed by atoms with van der Waals surface area (Å²) in [6.07, 6.45) is 6.79. The number of pyridine rings is 1. The minimum Gasteiger partial charge on any atom is -0.481 e. The first kappa shape index (κ1) is 22.4. The summed E-state index contributed by atoms with van der Waals surface area (Å²) in [5.74, 6) is -0.848. The second-order valence-corrected chi connectivity index (χ2v) is 9.56. The molecular formula is C27H26ClN3O3. The van der Waals surface area contributed by atoms with E-state index in [1.54, 1.807) is 6.07 Å². The molecule has 1 saturated carbocycles. The van der Waals surface area contributed by atoms with Gasteiger partial charge in [0.2, 0.25) is 0 Å². The van der Waals surface area contributed by atoms with Crippen molar-refractivity contribution in [2.24, 2.45) is 11.8 Å². The maximum atomic E-state index is 13.2. The number of benzene rings is 2. The van der Waals surface area contributed by atoms with Crippen molar-refractivity contribution in [2.45, 2.75) is 32.2 Å². The Kier molecular flexibility index (Phi) is 6.24. The van der Waals surface area contributed by atoms with Gasteiger partial charge in [-0.15, -0.1) is 0 Å². The summed E-state index contributed by atoms with van der Waals surface area (Å²) in [7, 11) is 0. The van der Waals surface area contributed by atoms with Crippen LogP contribution < -0.4 is 5.32 Å². The van der Waals surface area contributed by atoms with Gasteiger partial charge in [-0.1, -0.05) is 35.9 Å². The lowest BCUT2D eigenvalue weighted by atomic mass is 9.82. The van der Waals surface area contributed by atoms with Crippen LogP contribution in [0.2, 0.25) is 5.02 Å². The molecule has 34 heavy (non-hydrogen) atoms. The molecule has 2 aromatic carbocycles. The summed E-state index contributed by atoms with van der Waals surface area (Å²) in [5.41, 5.74) is 2.27. The molecule has 2 heterocycles. The Morgan fingerprint density at radius 3 is 2.56 bits per heavy atom. The summed E-state index contributed by atoms with van der Waals surface area (Å²) in [6, 6.07) is 15.7. The van der Waals surface area contributed by atoms with Crippen LogP contribution in [0.4, 0.5) is 0 Å². The van der Waals surface area contributed by atoms with E-state index in [4.69, 9.17) is 11.6 Å². The largest absolute Gasteiger partial charge is 0.481 e. The van der Waals surface area contributed by atoms with Gasteiger partial charge in [0.15, 0.2) is 0 Å². The standard InChI is InChI=1S/C27H26ClN3O3/c28-22-11-20-9-10-31(16-23-12-19-3-1-2-4-21(19)15-29-23)25(20)24(13-22)26(32)30-14-17-5-7-18(8-6-17)27(33)34/h1-4,9-13,15,17-18H,5-8,14,16H2,(H,30,32)(H,33,34). The van der Waals surface area contributed by atoms with Crippen LogP contribution in [-0.4, -0.2) is 33.1 Å². The molecule has 4 aromatic rings. The maximum absolute atomic E-state index is 13.2. The minimum atomic E-state index is -0.717.